The van der Waals surface area contributed by atoms with Crippen LogP contribution in [0.4, 0.5) is 15.9 Å². The Balaban J connectivity index is 2.34. The maximum Gasteiger partial charge on any atom is 0.152 e. The first-order valence-electron chi connectivity index (χ1n) is 6.17. The molecular weight excluding hydrogens is 255 g/mol. The van der Waals surface area contributed by atoms with Crippen molar-refractivity contribution < 1.29 is 4.39 Å². The molecule has 1 aromatic heterocycles. The molecule has 4 nitrogen and oxygen atoms in total. The van der Waals surface area contributed by atoms with Gasteiger partial charge in [-0.05, 0) is 19.1 Å². The van der Waals surface area contributed by atoms with Crippen molar-refractivity contribution in [3.63, 3.8) is 0 Å². The molecule has 1 aromatic carbocycles. The molecule has 20 heavy (non-hydrogen) atoms. The molecule has 0 radical (unpaired) electrons. The van der Waals surface area contributed by atoms with E-state index >= 15 is 0 Å². The number of anilines is 2. The van der Waals surface area contributed by atoms with Crippen molar-refractivity contribution >= 4 is 11.5 Å². The summed E-state index contributed by atoms with van der Waals surface area (Å²) in [5, 5.41) is 8.81. The number of nitrogen functional groups attached to an aromatic ring is 1. The van der Waals surface area contributed by atoms with Crippen molar-refractivity contribution in [1.29, 1.82) is 5.26 Å². The molecule has 0 amide bonds. The van der Waals surface area contributed by atoms with E-state index in [2.05, 4.69) is 4.98 Å². The van der Waals surface area contributed by atoms with Crippen LogP contribution in [0.5, 0.6) is 0 Å². The van der Waals surface area contributed by atoms with Crippen LogP contribution in [0, 0.1) is 17.1 Å². The first-order valence-corrected chi connectivity index (χ1v) is 6.17. The van der Waals surface area contributed by atoms with Crippen molar-refractivity contribution in [2.75, 3.05) is 17.7 Å². The summed E-state index contributed by atoms with van der Waals surface area (Å²) in [6.07, 6.45) is 1.45. The number of pyridine rings is 1. The van der Waals surface area contributed by atoms with Gasteiger partial charge in [-0.25, -0.2) is 9.37 Å². The highest BCUT2D eigenvalue weighted by Gasteiger charge is 2.18. The van der Waals surface area contributed by atoms with Crippen LogP contribution in [0.2, 0.25) is 0 Å². The molecule has 2 aromatic rings. The third kappa shape index (κ3) is 2.54. The normalized spacial score (nSPS) is 11.7. The maximum absolute atomic E-state index is 13.8. The number of nitrogens with zero attached hydrogens (tertiary/aromatic N) is 3. The van der Waals surface area contributed by atoms with E-state index in [1.807, 2.05) is 13.0 Å². The van der Waals surface area contributed by atoms with Gasteiger partial charge in [0.2, 0.25) is 0 Å². The average molecular weight is 270 g/mol. The Kier molecular flexibility index (Phi) is 3.85. The second kappa shape index (κ2) is 5.57. The molecule has 5 heteroatoms. The molecule has 0 spiro atoms. The van der Waals surface area contributed by atoms with Crippen molar-refractivity contribution in [2.45, 2.75) is 13.0 Å². The average Bonchev–Trinajstić information content (AvgIpc) is 2.46. The summed E-state index contributed by atoms with van der Waals surface area (Å²) in [6, 6.07) is 9.92. The Morgan fingerprint density at radius 3 is 2.70 bits per heavy atom. The minimum atomic E-state index is -0.265. The highest BCUT2D eigenvalue weighted by Crippen LogP contribution is 2.29. The van der Waals surface area contributed by atoms with Gasteiger partial charge < -0.3 is 10.6 Å². The summed E-state index contributed by atoms with van der Waals surface area (Å²) in [6.45, 7) is 1.87. The van der Waals surface area contributed by atoms with Gasteiger partial charge in [0.25, 0.3) is 0 Å². The predicted molar refractivity (Wildman–Crippen MR) is 76.6 cm³/mol. The van der Waals surface area contributed by atoms with E-state index < -0.39 is 0 Å². The number of aromatic nitrogens is 1. The number of benzene rings is 1. The molecule has 2 rings (SSSR count). The topological polar surface area (TPSA) is 65.9 Å². The van der Waals surface area contributed by atoms with Gasteiger partial charge >= 0.3 is 0 Å². The van der Waals surface area contributed by atoms with Gasteiger partial charge in [-0.1, -0.05) is 18.2 Å². The van der Waals surface area contributed by atoms with Gasteiger partial charge in [0.05, 0.1) is 17.3 Å². The summed E-state index contributed by atoms with van der Waals surface area (Å²) in [4.78, 5) is 5.97. The maximum atomic E-state index is 13.8. The number of nitriles is 1. The van der Waals surface area contributed by atoms with Crippen molar-refractivity contribution in [3.05, 3.63) is 53.5 Å². The van der Waals surface area contributed by atoms with Crippen molar-refractivity contribution in [2.24, 2.45) is 0 Å². The van der Waals surface area contributed by atoms with Crippen molar-refractivity contribution in [1.82, 2.24) is 4.98 Å². The highest BCUT2D eigenvalue weighted by atomic mass is 19.1. The molecule has 0 fully saturated rings. The lowest BCUT2D eigenvalue weighted by atomic mass is 10.1. The number of nitrogens with two attached hydrogens (primary N) is 1. The summed E-state index contributed by atoms with van der Waals surface area (Å²) in [7, 11) is 1.79. The van der Waals surface area contributed by atoms with E-state index in [1.54, 1.807) is 36.2 Å². The van der Waals surface area contributed by atoms with E-state index in [0.29, 0.717) is 22.6 Å². The highest BCUT2D eigenvalue weighted by molar-refractivity contribution is 5.65. The van der Waals surface area contributed by atoms with E-state index in [-0.39, 0.29) is 11.9 Å². The summed E-state index contributed by atoms with van der Waals surface area (Å²) < 4.78 is 13.8. The molecule has 1 heterocycles. The van der Waals surface area contributed by atoms with E-state index in [4.69, 9.17) is 11.0 Å². The minimum Gasteiger partial charge on any atom is -0.396 e. The molecule has 0 aliphatic heterocycles. The van der Waals surface area contributed by atoms with Gasteiger partial charge in [0, 0.05) is 18.8 Å². The molecule has 1 atom stereocenters. The Morgan fingerprint density at radius 2 is 2.10 bits per heavy atom. The van der Waals surface area contributed by atoms with E-state index in [9.17, 15) is 4.39 Å². The Morgan fingerprint density at radius 1 is 1.40 bits per heavy atom. The molecule has 0 aliphatic rings. The SMILES string of the molecule is CC(c1ccccc1F)N(C)c1ncc(C#N)cc1N. The van der Waals surface area contributed by atoms with Crippen LogP contribution in [0.3, 0.4) is 0 Å². The second-order valence-electron chi connectivity index (χ2n) is 4.56. The largest absolute Gasteiger partial charge is 0.396 e. The second-order valence-corrected chi connectivity index (χ2v) is 4.56. The van der Waals surface area contributed by atoms with Gasteiger partial charge in [0.15, 0.2) is 5.82 Å². The fourth-order valence-corrected chi connectivity index (χ4v) is 2.04. The van der Waals surface area contributed by atoms with Gasteiger partial charge in [-0.2, -0.15) is 5.26 Å². The number of hydrogen-bond donors (Lipinski definition) is 1. The quantitative estimate of drug-likeness (QED) is 0.931. The van der Waals surface area contributed by atoms with Crippen LogP contribution in [0.1, 0.15) is 24.1 Å². The molecule has 0 aliphatic carbocycles. The number of rotatable bonds is 3. The first kappa shape index (κ1) is 13.8. The molecule has 2 N–H and O–H groups in total. The zero-order chi connectivity index (χ0) is 14.7. The zero-order valence-corrected chi connectivity index (χ0v) is 11.3. The predicted octanol–water partition coefficient (Wildman–Crippen LogP) is 2.87. The Bertz CT molecular complexity index is 663. The minimum absolute atomic E-state index is 0.223. The van der Waals surface area contributed by atoms with Crippen LogP contribution < -0.4 is 10.6 Å². The number of halogens is 1. The fraction of sp³-hybridized carbons (Fsp3) is 0.200. The van der Waals surface area contributed by atoms with Crippen molar-refractivity contribution in [3.8, 4) is 6.07 Å². The number of hydrogen-bond acceptors (Lipinski definition) is 4. The van der Waals surface area contributed by atoms with Crippen LogP contribution in [-0.4, -0.2) is 12.0 Å². The zero-order valence-electron chi connectivity index (χ0n) is 11.3. The van der Waals surface area contributed by atoms with Gasteiger partial charge in [0.1, 0.15) is 11.9 Å². The molecule has 0 bridgehead atoms. The molecule has 0 saturated heterocycles. The first-order chi connectivity index (χ1) is 9.54. The molecular formula is C15H15FN4. The summed E-state index contributed by atoms with van der Waals surface area (Å²) in [5.41, 5.74) is 7.27. The van der Waals surface area contributed by atoms with Crippen LogP contribution >= 0.6 is 0 Å². The van der Waals surface area contributed by atoms with Crippen LogP contribution in [0.15, 0.2) is 36.5 Å². The van der Waals surface area contributed by atoms with E-state index in [0.717, 1.165) is 0 Å². The van der Waals surface area contributed by atoms with Crippen LogP contribution in [0.25, 0.3) is 0 Å². The standard InChI is InChI=1S/C15H15FN4/c1-10(12-5-3-4-6-13(12)16)20(2)15-14(18)7-11(8-17)9-19-15/h3-7,9-10H,18H2,1-2H3. The van der Waals surface area contributed by atoms with Crippen LogP contribution in [-0.2, 0) is 0 Å². The Labute approximate surface area is 117 Å². The fourth-order valence-electron chi connectivity index (χ4n) is 2.04. The lowest BCUT2D eigenvalue weighted by molar-refractivity contribution is 0.584. The molecule has 1 unspecified atom stereocenters. The summed E-state index contributed by atoms with van der Waals surface area (Å²) >= 11 is 0. The Hall–Kier alpha value is -2.61. The third-order valence-corrected chi connectivity index (χ3v) is 3.29. The lowest BCUT2D eigenvalue weighted by Crippen LogP contribution is -2.24. The molecule has 102 valence electrons. The smallest absolute Gasteiger partial charge is 0.152 e. The van der Waals surface area contributed by atoms with Gasteiger partial charge in [-0.3, -0.25) is 0 Å². The van der Waals surface area contributed by atoms with E-state index in [1.165, 1.54) is 12.3 Å². The third-order valence-electron chi connectivity index (χ3n) is 3.29. The lowest BCUT2D eigenvalue weighted by Gasteiger charge is -2.27. The van der Waals surface area contributed by atoms with Gasteiger partial charge in [-0.15, -0.1) is 0 Å². The monoisotopic (exact) mass is 270 g/mol. The summed E-state index contributed by atoms with van der Waals surface area (Å²) in [5.74, 6) is 0.263. The molecule has 0 saturated carbocycles.